The highest BCUT2D eigenvalue weighted by Gasteiger charge is 2.41. The fourth-order valence-corrected chi connectivity index (χ4v) is 8.94. The maximum Gasteiger partial charge on any atom is 0.434 e. The summed E-state index contributed by atoms with van der Waals surface area (Å²) in [7, 11) is 0. The molecule has 2 aromatic heterocycles. The normalized spacial score (nSPS) is 12.8. The summed E-state index contributed by atoms with van der Waals surface area (Å²) in [5.41, 5.74) is 13.5. The molecule has 0 amide bonds. The van der Waals surface area contributed by atoms with Crippen molar-refractivity contribution in [1.29, 1.82) is 0 Å². The number of para-hydroxylation sites is 5. The minimum atomic E-state index is -0.328. The predicted molar refractivity (Wildman–Crippen MR) is 218 cm³/mol. The molecule has 0 saturated carbocycles. The van der Waals surface area contributed by atoms with Gasteiger partial charge in [0.05, 0.1) is 27.8 Å². The van der Waals surface area contributed by atoms with Crippen LogP contribution in [0.25, 0.3) is 77.2 Å². The summed E-state index contributed by atoms with van der Waals surface area (Å²) in [6.07, 6.45) is 0. The summed E-state index contributed by atoms with van der Waals surface area (Å²) < 4.78 is 18.5. The van der Waals surface area contributed by atoms with Crippen LogP contribution in [0.5, 0.6) is 17.2 Å². The molecular formula is C48H29BN2O2. The van der Waals surface area contributed by atoms with Gasteiger partial charge in [-0.1, -0.05) is 115 Å². The van der Waals surface area contributed by atoms with Crippen LogP contribution in [-0.2, 0) is 0 Å². The molecule has 4 heterocycles. The minimum Gasteiger partial charge on any atom is -0.551 e. The Bertz CT molecular complexity index is 3050. The van der Waals surface area contributed by atoms with Crippen molar-refractivity contribution in [2.24, 2.45) is 0 Å². The van der Waals surface area contributed by atoms with E-state index in [-0.39, 0.29) is 6.92 Å². The Labute approximate surface area is 305 Å². The molecule has 2 aliphatic heterocycles. The van der Waals surface area contributed by atoms with Gasteiger partial charge in [-0.2, -0.15) is 0 Å². The lowest BCUT2D eigenvalue weighted by molar-refractivity contribution is 0.479. The molecule has 0 bridgehead atoms. The molecule has 0 radical (unpaired) electrons. The highest BCUT2D eigenvalue weighted by Crippen LogP contribution is 2.42. The van der Waals surface area contributed by atoms with Crippen molar-refractivity contribution < 1.29 is 9.39 Å². The van der Waals surface area contributed by atoms with E-state index in [0.717, 1.165) is 61.8 Å². The molecule has 0 aliphatic carbocycles. The molecule has 0 unspecified atom stereocenters. The first-order valence-electron chi connectivity index (χ1n) is 18.1. The highest BCUT2D eigenvalue weighted by atomic mass is 16.5. The second kappa shape index (κ2) is 10.8. The quantitative estimate of drug-likeness (QED) is 0.174. The Kier molecular flexibility index (Phi) is 5.83. The molecule has 12 rings (SSSR count). The number of ether oxygens (including phenoxy) is 1. The topological polar surface area (TPSA) is 28.3 Å². The molecule has 53 heavy (non-hydrogen) atoms. The lowest BCUT2D eigenvalue weighted by Crippen LogP contribution is -2.53. The highest BCUT2D eigenvalue weighted by molar-refractivity contribution is 6.84. The van der Waals surface area contributed by atoms with Gasteiger partial charge < -0.3 is 18.5 Å². The molecule has 0 fully saturated rings. The number of nitrogens with zero attached hydrogens (tertiary/aromatic N) is 2. The van der Waals surface area contributed by atoms with E-state index in [0.29, 0.717) is 0 Å². The van der Waals surface area contributed by atoms with Gasteiger partial charge in [-0.05, 0) is 65.7 Å². The van der Waals surface area contributed by atoms with Crippen LogP contribution in [0.3, 0.4) is 0 Å². The van der Waals surface area contributed by atoms with E-state index in [1.54, 1.807) is 0 Å². The average Bonchev–Trinajstić information content (AvgIpc) is 3.74. The van der Waals surface area contributed by atoms with E-state index in [4.69, 9.17) is 9.39 Å². The molecular weight excluding hydrogens is 647 g/mol. The maximum atomic E-state index is 7.14. The van der Waals surface area contributed by atoms with E-state index in [1.165, 1.54) is 43.6 Å². The number of benzene rings is 8. The van der Waals surface area contributed by atoms with Gasteiger partial charge in [0.1, 0.15) is 17.2 Å². The third-order valence-corrected chi connectivity index (χ3v) is 11.2. The maximum absolute atomic E-state index is 7.14. The molecule has 10 aromatic rings. The zero-order valence-electron chi connectivity index (χ0n) is 28.5. The van der Waals surface area contributed by atoms with Crippen molar-refractivity contribution in [2.75, 3.05) is 0 Å². The van der Waals surface area contributed by atoms with Gasteiger partial charge in [0.25, 0.3) is 0 Å². The molecule has 2 aliphatic rings. The molecule has 5 heteroatoms. The third kappa shape index (κ3) is 4.02. The van der Waals surface area contributed by atoms with Crippen molar-refractivity contribution in [1.82, 2.24) is 9.13 Å². The zero-order chi connectivity index (χ0) is 34.6. The van der Waals surface area contributed by atoms with Crippen molar-refractivity contribution in [3.63, 3.8) is 0 Å². The second-order valence-corrected chi connectivity index (χ2v) is 14.0. The van der Waals surface area contributed by atoms with Gasteiger partial charge in [0, 0.05) is 55.4 Å². The van der Waals surface area contributed by atoms with E-state index in [9.17, 15) is 0 Å². The van der Waals surface area contributed by atoms with Crippen LogP contribution in [0.15, 0.2) is 176 Å². The third-order valence-electron chi connectivity index (χ3n) is 11.2. The molecule has 0 atom stereocenters. The molecule has 0 saturated heterocycles. The van der Waals surface area contributed by atoms with E-state index >= 15 is 0 Å². The van der Waals surface area contributed by atoms with Gasteiger partial charge in [-0.15, -0.1) is 0 Å². The van der Waals surface area contributed by atoms with Crippen molar-refractivity contribution >= 4 is 61.5 Å². The smallest absolute Gasteiger partial charge is 0.434 e. The summed E-state index contributed by atoms with van der Waals surface area (Å²) in [4.78, 5) is 0. The first-order valence-corrected chi connectivity index (χ1v) is 18.1. The van der Waals surface area contributed by atoms with Crippen molar-refractivity contribution in [3.05, 3.63) is 176 Å². The number of rotatable bonds is 3. The number of aromatic nitrogens is 2. The van der Waals surface area contributed by atoms with Crippen LogP contribution < -0.4 is 20.3 Å². The second-order valence-electron chi connectivity index (χ2n) is 14.0. The van der Waals surface area contributed by atoms with Gasteiger partial charge in [-0.25, -0.2) is 0 Å². The largest absolute Gasteiger partial charge is 0.551 e. The van der Waals surface area contributed by atoms with Crippen LogP contribution in [0, 0.1) is 0 Å². The van der Waals surface area contributed by atoms with Crippen molar-refractivity contribution in [2.45, 2.75) is 0 Å². The van der Waals surface area contributed by atoms with Gasteiger partial charge >= 0.3 is 6.92 Å². The Balaban J connectivity index is 1.02. The molecule has 0 N–H and O–H groups in total. The van der Waals surface area contributed by atoms with Gasteiger partial charge in [0.15, 0.2) is 0 Å². The lowest BCUT2D eigenvalue weighted by atomic mass is 9.50. The molecule has 0 spiro atoms. The first-order chi connectivity index (χ1) is 26.3. The standard InChI is InChI=1S/C48H29BN2O2/c1-6-18-40(51-43-21-9-4-15-35(43)36-16-5-10-22-44(36)51)32(12-1)30-24-27-45-39(28-30)49-48-38(17-11-23-46(48)52-45)37-26-25-31(29-47(37)53-49)50-41-19-7-2-13-33(41)34-14-3-8-20-42(34)50/h1-29H. The van der Waals surface area contributed by atoms with E-state index in [1.807, 2.05) is 0 Å². The summed E-state index contributed by atoms with van der Waals surface area (Å²) in [6, 6.07) is 62.8. The molecule has 8 aromatic carbocycles. The summed E-state index contributed by atoms with van der Waals surface area (Å²) in [6.45, 7) is -0.328. The van der Waals surface area contributed by atoms with Crippen LogP contribution in [0.1, 0.15) is 0 Å². The fourth-order valence-electron chi connectivity index (χ4n) is 8.94. The van der Waals surface area contributed by atoms with Crippen LogP contribution >= 0.6 is 0 Å². The van der Waals surface area contributed by atoms with Crippen LogP contribution in [-0.4, -0.2) is 16.0 Å². The SMILES string of the molecule is c1ccc(-n2c3ccccc3c3ccccc32)c(-c2ccc3c(c2)B2Oc4cc(-n5c6ccccc6c6ccccc65)ccc4-c4cccc(c42)O3)c1. The number of hydrogen-bond acceptors (Lipinski definition) is 2. The zero-order valence-corrected chi connectivity index (χ0v) is 28.5. The van der Waals surface area contributed by atoms with Crippen LogP contribution in [0.4, 0.5) is 0 Å². The Morgan fingerprint density at radius 3 is 1.66 bits per heavy atom. The van der Waals surface area contributed by atoms with E-state index in [2.05, 4.69) is 185 Å². The fraction of sp³-hybridized carbons (Fsp3) is 0. The van der Waals surface area contributed by atoms with Crippen molar-refractivity contribution in [3.8, 4) is 50.9 Å². The summed E-state index contributed by atoms with van der Waals surface area (Å²) in [5, 5.41) is 4.97. The Hall–Kier alpha value is -6.98. The Morgan fingerprint density at radius 2 is 0.981 bits per heavy atom. The first kappa shape index (κ1) is 28.7. The number of hydrogen-bond donors (Lipinski definition) is 0. The average molecular weight is 677 g/mol. The van der Waals surface area contributed by atoms with Gasteiger partial charge in [-0.3, -0.25) is 0 Å². The monoisotopic (exact) mass is 676 g/mol. The van der Waals surface area contributed by atoms with Gasteiger partial charge in [0.2, 0.25) is 0 Å². The Morgan fingerprint density at radius 1 is 0.396 bits per heavy atom. The minimum absolute atomic E-state index is 0.328. The van der Waals surface area contributed by atoms with Crippen LogP contribution in [0.2, 0.25) is 0 Å². The molecule has 4 nitrogen and oxygen atoms in total. The predicted octanol–water partition coefficient (Wildman–Crippen LogP) is 10.8. The molecule has 246 valence electrons. The van der Waals surface area contributed by atoms with E-state index < -0.39 is 0 Å². The summed E-state index contributed by atoms with van der Waals surface area (Å²) in [5.74, 6) is 2.53. The summed E-state index contributed by atoms with van der Waals surface area (Å²) >= 11 is 0. The lowest BCUT2D eigenvalue weighted by Gasteiger charge is -2.33. The number of fused-ring (bicyclic) bond motifs is 10.